The van der Waals surface area contributed by atoms with Gasteiger partial charge in [0, 0.05) is 6.54 Å². The molecule has 2 rings (SSSR count). The number of esters is 1. The number of aliphatic carboxylic acids is 1. The topological polar surface area (TPSA) is 95.9 Å². The number of carboxylic acids is 1. The predicted molar refractivity (Wildman–Crippen MR) is 105 cm³/mol. The van der Waals surface area contributed by atoms with E-state index in [1.54, 1.807) is 6.92 Å². The van der Waals surface area contributed by atoms with Crippen molar-refractivity contribution >= 4 is 17.8 Å². The van der Waals surface area contributed by atoms with E-state index in [2.05, 4.69) is 11.9 Å². The van der Waals surface area contributed by atoms with Crippen molar-refractivity contribution in [2.45, 2.75) is 50.7 Å². The van der Waals surface area contributed by atoms with Gasteiger partial charge in [-0.05, 0) is 38.2 Å². The highest BCUT2D eigenvalue weighted by atomic mass is 16.5. The summed E-state index contributed by atoms with van der Waals surface area (Å²) >= 11 is 0. The minimum atomic E-state index is -0.996. The molecular formula is C21H28N2O5. The van der Waals surface area contributed by atoms with Crippen molar-refractivity contribution in [3.8, 4) is 0 Å². The highest BCUT2D eigenvalue weighted by molar-refractivity contribution is 5.88. The first-order chi connectivity index (χ1) is 13.4. The van der Waals surface area contributed by atoms with Crippen LogP contribution in [0.15, 0.2) is 43.0 Å². The minimum Gasteiger partial charge on any atom is -0.480 e. The van der Waals surface area contributed by atoms with Gasteiger partial charge in [0.05, 0.1) is 6.04 Å². The summed E-state index contributed by atoms with van der Waals surface area (Å²) in [6.45, 7) is 5.70. The Morgan fingerprint density at radius 3 is 2.71 bits per heavy atom. The Kier molecular flexibility index (Phi) is 8.19. The van der Waals surface area contributed by atoms with Crippen molar-refractivity contribution in [1.29, 1.82) is 0 Å². The maximum absolute atomic E-state index is 12.7. The molecule has 0 aliphatic carbocycles. The molecule has 1 aromatic carbocycles. The second-order valence-corrected chi connectivity index (χ2v) is 6.91. The Labute approximate surface area is 165 Å². The highest BCUT2D eigenvalue weighted by Gasteiger charge is 2.36. The lowest BCUT2D eigenvalue weighted by molar-refractivity contribution is -0.150. The van der Waals surface area contributed by atoms with E-state index in [9.17, 15) is 19.5 Å². The average molecular weight is 388 g/mol. The SMILES string of the molecule is C=CCOC(=O)[C@H](CCc1ccccc1)N[C@@H](C)C(=O)N1CCC[C@H]1C(=O)O. The van der Waals surface area contributed by atoms with Crippen molar-refractivity contribution in [2.75, 3.05) is 13.2 Å². The van der Waals surface area contributed by atoms with Gasteiger partial charge in [-0.3, -0.25) is 14.9 Å². The van der Waals surface area contributed by atoms with E-state index in [-0.39, 0.29) is 12.5 Å². The van der Waals surface area contributed by atoms with Crippen LogP contribution in [-0.4, -0.2) is 59.1 Å². The van der Waals surface area contributed by atoms with Gasteiger partial charge in [-0.15, -0.1) is 0 Å². The molecule has 1 aliphatic heterocycles. The zero-order chi connectivity index (χ0) is 20.5. The van der Waals surface area contributed by atoms with Gasteiger partial charge in [-0.25, -0.2) is 4.79 Å². The lowest BCUT2D eigenvalue weighted by Crippen LogP contribution is -2.53. The number of aryl methyl sites for hydroxylation is 1. The molecule has 3 atom stereocenters. The van der Waals surface area contributed by atoms with Crippen molar-refractivity contribution < 1.29 is 24.2 Å². The first-order valence-electron chi connectivity index (χ1n) is 9.54. The van der Waals surface area contributed by atoms with Gasteiger partial charge in [-0.2, -0.15) is 0 Å². The number of hydrogen-bond donors (Lipinski definition) is 2. The molecule has 0 aromatic heterocycles. The largest absolute Gasteiger partial charge is 0.480 e. The van der Waals surface area contributed by atoms with E-state index in [0.717, 1.165) is 5.56 Å². The van der Waals surface area contributed by atoms with Crippen LogP contribution < -0.4 is 5.32 Å². The molecule has 152 valence electrons. The standard InChI is InChI=1S/C21H28N2O5/c1-3-14-28-21(27)17(12-11-16-8-5-4-6-9-16)22-15(2)19(24)23-13-7-10-18(23)20(25)26/h3-6,8-9,15,17-18,22H,1,7,10-14H2,2H3,(H,25,26)/t15-,17-,18-/m0/s1. The molecule has 0 unspecified atom stereocenters. The second kappa shape index (κ2) is 10.6. The highest BCUT2D eigenvalue weighted by Crippen LogP contribution is 2.19. The van der Waals surface area contributed by atoms with Crippen LogP contribution >= 0.6 is 0 Å². The number of carbonyl (C=O) groups is 3. The van der Waals surface area contributed by atoms with Gasteiger partial charge in [-0.1, -0.05) is 43.0 Å². The number of amides is 1. The Balaban J connectivity index is 2.02. The number of hydrogen-bond acceptors (Lipinski definition) is 5. The van der Waals surface area contributed by atoms with Crippen LogP contribution in [0.3, 0.4) is 0 Å². The third-order valence-corrected chi connectivity index (χ3v) is 4.84. The molecule has 7 heteroatoms. The van der Waals surface area contributed by atoms with Crippen molar-refractivity contribution in [3.05, 3.63) is 48.6 Å². The quantitative estimate of drug-likeness (QED) is 0.468. The number of carboxylic acid groups (broad SMARTS) is 1. The van der Waals surface area contributed by atoms with Gasteiger partial charge >= 0.3 is 11.9 Å². The Morgan fingerprint density at radius 1 is 1.36 bits per heavy atom. The molecule has 1 aromatic rings. The van der Waals surface area contributed by atoms with E-state index in [1.807, 2.05) is 30.3 Å². The third-order valence-electron chi connectivity index (χ3n) is 4.84. The van der Waals surface area contributed by atoms with Crippen LogP contribution in [-0.2, 0) is 25.5 Å². The molecule has 0 bridgehead atoms. The van der Waals surface area contributed by atoms with E-state index >= 15 is 0 Å². The van der Waals surface area contributed by atoms with Gasteiger partial charge < -0.3 is 14.7 Å². The summed E-state index contributed by atoms with van der Waals surface area (Å²) in [5, 5.41) is 12.3. The summed E-state index contributed by atoms with van der Waals surface area (Å²) in [6.07, 6.45) is 3.70. The molecule has 7 nitrogen and oxygen atoms in total. The average Bonchev–Trinajstić information content (AvgIpc) is 3.19. The summed E-state index contributed by atoms with van der Waals surface area (Å²) < 4.78 is 5.17. The summed E-state index contributed by atoms with van der Waals surface area (Å²) in [5.74, 6) is -1.76. The van der Waals surface area contributed by atoms with Gasteiger partial charge in [0.25, 0.3) is 0 Å². The summed E-state index contributed by atoms with van der Waals surface area (Å²) in [7, 11) is 0. The van der Waals surface area contributed by atoms with Crippen molar-refractivity contribution in [3.63, 3.8) is 0 Å². The minimum absolute atomic E-state index is 0.0951. The maximum Gasteiger partial charge on any atom is 0.326 e. The lowest BCUT2D eigenvalue weighted by atomic mass is 10.0. The zero-order valence-electron chi connectivity index (χ0n) is 16.2. The molecule has 1 heterocycles. The number of likely N-dealkylation sites (tertiary alicyclic amines) is 1. The monoisotopic (exact) mass is 388 g/mol. The summed E-state index contributed by atoms with van der Waals surface area (Å²) in [6, 6.07) is 7.56. The molecular weight excluding hydrogens is 360 g/mol. The molecule has 1 saturated heterocycles. The molecule has 1 fully saturated rings. The first kappa shape index (κ1) is 21.6. The predicted octanol–water partition coefficient (Wildman–Crippen LogP) is 1.77. The zero-order valence-corrected chi connectivity index (χ0v) is 16.2. The van der Waals surface area contributed by atoms with Crippen LogP contribution in [0.5, 0.6) is 0 Å². The molecule has 0 radical (unpaired) electrons. The van der Waals surface area contributed by atoms with E-state index in [1.165, 1.54) is 11.0 Å². The van der Waals surface area contributed by atoms with Crippen molar-refractivity contribution in [1.82, 2.24) is 10.2 Å². The van der Waals surface area contributed by atoms with Crippen LogP contribution in [0.1, 0.15) is 31.7 Å². The van der Waals surface area contributed by atoms with Crippen LogP contribution in [0.25, 0.3) is 0 Å². The Morgan fingerprint density at radius 2 is 2.07 bits per heavy atom. The first-order valence-corrected chi connectivity index (χ1v) is 9.54. The molecule has 0 spiro atoms. The number of nitrogens with one attached hydrogen (secondary N) is 1. The fourth-order valence-corrected chi connectivity index (χ4v) is 3.38. The second-order valence-electron chi connectivity index (χ2n) is 6.91. The van der Waals surface area contributed by atoms with Crippen LogP contribution in [0.2, 0.25) is 0 Å². The molecule has 2 N–H and O–H groups in total. The molecule has 28 heavy (non-hydrogen) atoms. The molecule has 1 amide bonds. The number of nitrogens with zero attached hydrogens (tertiary/aromatic N) is 1. The number of rotatable bonds is 10. The van der Waals surface area contributed by atoms with Gasteiger partial charge in [0.15, 0.2) is 0 Å². The van der Waals surface area contributed by atoms with Crippen LogP contribution in [0.4, 0.5) is 0 Å². The van der Waals surface area contributed by atoms with E-state index in [0.29, 0.717) is 32.2 Å². The third kappa shape index (κ3) is 5.92. The summed E-state index contributed by atoms with van der Waals surface area (Å²) in [4.78, 5) is 37.9. The number of ether oxygens (including phenoxy) is 1. The molecule has 1 aliphatic rings. The fourth-order valence-electron chi connectivity index (χ4n) is 3.38. The van der Waals surface area contributed by atoms with Gasteiger partial charge in [0.2, 0.25) is 5.91 Å². The van der Waals surface area contributed by atoms with Crippen molar-refractivity contribution in [2.24, 2.45) is 0 Å². The van der Waals surface area contributed by atoms with E-state index in [4.69, 9.17) is 4.74 Å². The Hall–Kier alpha value is -2.67. The normalized spacial score (nSPS) is 18.3. The maximum atomic E-state index is 12.7. The van der Waals surface area contributed by atoms with Crippen LogP contribution in [0, 0.1) is 0 Å². The summed E-state index contributed by atoms with van der Waals surface area (Å²) in [5.41, 5.74) is 1.08. The van der Waals surface area contributed by atoms with E-state index < -0.39 is 30.1 Å². The number of carbonyl (C=O) groups excluding carboxylic acids is 2. The number of benzene rings is 1. The lowest BCUT2D eigenvalue weighted by Gasteiger charge is -2.27. The Bertz CT molecular complexity index is 691. The molecule has 0 saturated carbocycles. The fraction of sp³-hybridized carbons (Fsp3) is 0.476. The smallest absolute Gasteiger partial charge is 0.326 e. The van der Waals surface area contributed by atoms with Gasteiger partial charge in [0.1, 0.15) is 18.7 Å².